The summed E-state index contributed by atoms with van der Waals surface area (Å²) in [6.45, 7) is 5.32. The van der Waals surface area contributed by atoms with Crippen molar-refractivity contribution in [1.82, 2.24) is 10.2 Å². The molecule has 0 aliphatic carbocycles. The molecule has 4 heteroatoms. The van der Waals surface area contributed by atoms with E-state index in [1.807, 2.05) is 20.0 Å². The monoisotopic (exact) mass is 186 g/mol. The molecule has 0 radical (unpaired) electrons. The summed E-state index contributed by atoms with van der Waals surface area (Å²) in [5, 5.41) is 10.8. The molecular weight excluding hydrogens is 168 g/mol. The van der Waals surface area contributed by atoms with Crippen molar-refractivity contribution in [2.75, 3.05) is 20.1 Å². The molecule has 0 spiro atoms. The second kappa shape index (κ2) is 6.34. The van der Waals surface area contributed by atoms with Crippen molar-refractivity contribution in [2.45, 2.75) is 20.3 Å². The number of rotatable bonds is 5. The van der Waals surface area contributed by atoms with Crippen LogP contribution in [0.3, 0.4) is 0 Å². The molecule has 0 bridgehead atoms. The molecule has 0 fully saturated rings. The molecular formula is C9H18N2O2. The first kappa shape index (κ1) is 11.8. The van der Waals surface area contributed by atoms with Crippen molar-refractivity contribution in [3.63, 3.8) is 0 Å². The lowest BCUT2D eigenvalue weighted by Crippen LogP contribution is -2.30. The van der Waals surface area contributed by atoms with Crippen LogP contribution >= 0.6 is 0 Å². The Morgan fingerprint density at radius 2 is 2.23 bits per heavy atom. The molecule has 2 N–H and O–H groups in total. The van der Waals surface area contributed by atoms with E-state index in [4.69, 9.17) is 5.11 Å². The predicted molar refractivity (Wildman–Crippen MR) is 52.7 cm³/mol. The van der Waals surface area contributed by atoms with E-state index in [0.29, 0.717) is 6.54 Å². The average molecular weight is 186 g/mol. The van der Waals surface area contributed by atoms with Crippen molar-refractivity contribution in [1.29, 1.82) is 0 Å². The first-order chi connectivity index (χ1) is 6.11. The highest BCUT2D eigenvalue weighted by atomic mass is 16.4. The fourth-order valence-corrected chi connectivity index (χ4v) is 1.10. The number of amides is 1. The van der Waals surface area contributed by atoms with Crippen LogP contribution in [0.25, 0.3) is 0 Å². The third-order valence-corrected chi connectivity index (χ3v) is 1.80. The number of carbonyl (C=O) groups is 1. The number of allylic oxidation sites excluding steroid dienone is 1. The summed E-state index contributed by atoms with van der Waals surface area (Å²) in [7, 11) is 1.96. The Bertz CT molecular complexity index is 190. The first-order valence-corrected chi connectivity index (χ1v) is 4.45. The lowest BCUT2D eigenvalue weighted by atomic mass is 10.3. The van der Waals surface area contributed by atoms with E-state index in [0.717, 1.165) is 18.7 Å². The lowest BCUT2D eigenvalue weighted by Gasteiger charge is -2.21. The van der Waals surface area contributed by atoms with Gasteiger partial charge in [-0.2, -0.15) is 0 Å². The number of hydrogen-bond acceptors (Lipinski definition) is 2. The van der Waals surface area contributed by atoms with Gasteiger partial charge in [0.05, 0.1) is 6.54 Å². The zero-order valence-electron chi connectivity index (χ0n) is 8.50. The summed E-state index contributed by atoms with van der Waals surface area (Å²) in [6.07, 6.45) is 2.00. The van der Waals surface area contributed by atoms with Gasteiger partial charge in [-0.25, -0.2) is 4.79 Å². The molecule has 0 saturated carbocycles. The molecule has 0 aromatic carbocycles. The molecule has 0 aromatic rings. The Balaban J connectivity index is 3.96. The molecule has 4 nitrogen and oxygen atoms in total. The van der Waals surface area contributed by atoms with E-state index in [-0.39, 0.29) is 0 Å². The van der Waals surface area contributed by atoms with Gasteiger partial charge in [-0.1, -0.05) is 13.0 Å². The minimum atomic E-state index is -0.982. The normalized spacial score (nSPS) is 11.2. The van der Waals surface area contributed by atoms with Gasteiger partial charge in [-0.3, -0.25) is 0 Å². The van der Waals surface area contributed by atoms with Gasteiger partial charge in [0.25, 0.3) is 0 Å². The Morgan fingerprint density at radius 1 is 1.62 bits per heavy atom. The van der Waals surface area contributed by atoms with Gasteiger partial charge in [-0.05, 0) is 13.3 Å². The zero-order chi connectivity index (χ0) is 10.3. The van der Waals surface area contributed by atoms with E-state index in [1.165, 1.54) is 0 Å². The summed E-state index contributed by atoms with van der Waals surface area (Å²) in [4.78, 5) is 12.3. The van der Waals surface area contributed by atoms with Gasteiger partial charge in [-0.15, -0.1) is 0 Å². The van der Waals surface area contributed by atoms with Crippen molar-refractivity contribution in [2.24, 2.45) is 0 Å². The van der Waals surface area contributed by atoms with Crippen LogP contribution in [0.1, 0.15) is 20.3 Å². The summed E-state index contributed by atoms with van der Waals surface area (Å²) in [6, 6.07) is 0. The maximum Gasteiger partial charge on any atom is 0.404 e. The standard InChI is InChI=1S/C9H18N2O2/c1-4-6-11(3)8(5-2)7-10-9(12)13/h5,10H,4,6-7H2,1-3H3,(H,12,13). The largest absolute Gasteiger partial charge is 0.465 e. The van der Waals surface area contributed by atoms with E-state index in [9.17, 15) is 4.79 Å². The SMILES string of the molecule is CC=C(CNC(=O)O)N(C)CCC. The van der Waals surface area contributed by atoms with E-state index >= 15 is 0 Å². The topological polar surface area (TPSA) is 52.6 Å². The summed E-state index contributed by atoms with van der Waals surface area (Å²) < 4.78 is 0. The molecule has 0 atom stereocenters. The van der Waals surface area contributed by atoms with E-state index < -0.39 is 6.09 Å². The van der Waals surface area contributed by atoms with Gasteiger partial charge < -0.3 is 15.3 Å². The van der Waals surface area contributed by atoms with Crippen LogP contribution in [0.5, 0.6) is 0 Å². The molecule has 1 amide bonds. The minimum Gasteiger partial charge on any atom is -0.465 e. The molecule has 0 rings (SSSR count). The van der Waals surface area contributed by atoms with Crippen LogP contribution in [0.2, 0.25) is 0 Å². The highest BCUT2D eigenvalue weighted by Gasteiger charge is 2.03. The van der Waals surface area contributed by atoms with Gasteiger partial charge in [0.15, 0.2) is 0 Å². The molecule has 0 aliphatic rings. The number of hydrogen-bond donors (Lipinski definition) is 2. The highest BCUT2D eigenvalue weighted by molar-refractivity contribution is 5.64. The van der Waals surface area contributed by atoms with Gasteiger partial charge in [0.2, 0.25) is 0 Å². The Hall–Kier alpha value is -1.19. The Morgan fingerprint density at radius 3 is 2.62 bits per heavy atom. The number of nitrogens with zero attached hydrogens (tertiary/aromatic N) is 1. The van der Waals surface area contributed by atoms with Gasteiger partial charge >= 0.3 is 6.09 Å². The van der Waals surface area contributed by atoms with E-state index in [1.54, 1.807) is 0 Å². The fourth-order valence-electron chi connectivity index (χ4n) is 1.10. The first-order valence-electron chi connectivity index (χ1n) is 4.45. The molecule has 0 aliphatic heterocycles. The fraction of sp³-hybridized carbons (Fsp3) is 0.667. The average Bonchev–Trinajstić information content (AvgIpc) is 2.05. The molecule has 0 heterocycles. The van der Waals surface area contributed by atoms with Gasteiger partial charge in [0.1, 0.15) is 0 Å². The summed E-state index contributed by atoms with van der Waals surface area (Å²) in [5.41, 5.74) is 1.00. The molecule has 13 heavy (non-hydrogen) atoms. The third-order valence-electron chi connectivity index (χ3n) is 1.80. The van der Waals surface area contributed by atoms with Crippen LogP contribution in [-0.4, -0.2) is 36.2 Å². The molecule has 76 valence electrons. The predicted octanol–water partition coefficient (Wildman–Crippen LogP) is 1.50. The number of carboxylic acid groups (broad SMARTS) is 1. The quantitative estimate of drug-likeness (QED) is 0.684. The summed E-state index contributed by atoms with van der Waals surface area (Å²) in [5.74, 6) is 0. The minimum absolute atomic E-state index is 0.377. The highest BCUT2D eigenvalue weighted by Crippen LogP contribution is 2.00. The third kappa shape index (κ3) is 5.11. The Kier molecular flexibility index (Phi) is 5.76. The second-order valence-corrected chi connectivity index (χ2v) is 2.86. The second-order valence-electron chi connectivity index (χ2n) is 2.86. The maximum absolute atomic E-state index is 10.2. The van der Waals surface area contributed by atoms with Crippen LogP contribution in [0, 0.1) is 0 Å². The molecule has 0 aromatic heterocycles. The zero-order valence-corrected chi connectivity index (χ0v) is 8.50. The van der Waals surface area contributed by atoms with Crippen molar-refractivity contribution in [3.8, 4) is 0 Å². The van der Waals surface area contributed by atoms with E-state index in [2.05, 4.69) is 17.1 Å². The van der Waals surface area contributed by atoms with Gasteiger partial charge in [0, 0.05) is 19.3 Å². The molecule has 0 saturated heterocycles. The number of likely N-dealkylation sites (N-methyl/N-ethyl adjacent to an activating group) is 1. The van der Waals surface area contributed by atoms with Crippen LogP contribution in [0.4, 0.5) is 4.79 Å². The lowest BCUT2D eigenvalue weighted by molar-refractivity contribution is 0.194. The van der Waals surface area contributed by atoms with Crippen molar-refractivity contribution in [3.05, 3.63) is 11.8 Å². The number of nitrogens with one attached hydrogen (secondary N) is 1. The van der Waals surface area contributed by atoms with Crippen LogP contribution in [-0.2, 0) is 0 Å². The molecule has 0 unspecified atom stereocenters. The maximum atomic E-state index is 10.2. The summed E-state index contributed by atoms with van der Waals surface area (Å²) >= 11 is 0. The smallest absolute Gasteiger partial charge is 0.404 e. The van der Waals surface area contributed by atoms with Crippen LogP contribution < -0.4 is 5.32 Å². The van der Waals surface area contributed by atoms with Crippen molar-refractivity contribution >= 4 is 6.09 Å². The Labute approximate surface area is 79.2 Å². The van der Waals surface area contributed by atoms with Crippen molar-refractivity contribution < 1.29 is 9.90 Å². The van der Waals surface area contributed by atoms with Crippen LogP contribution in [0.15, 0.2) is 11.8 Å².